The zero-order valence-corrected chi connectivity index (χ0v) is 11.1. The molecule has 0 amide bonds. The number of H-pyrrole nitrogens is 1. The van der Waals surface area contributed by atoms with Crippen LogP contribution in [0.1, 0.15) is 18.8 Å². The van der Waals surface area contributed by atoms with Gasteiger partial charge in [0.25, 0.3) is 0 Å². The van der Waals surface area contributed by atoms with Gasteiger partial charge in [0.2, 0.25) is 10.0 Å². The highest BCUT2D eigenvalue weighted by Gasteiger charge is 2.21. The van der Waals surface area contributed by atoms with Gasteiger partial charge >= 0.3 is 0 Å². The first-order valence-electron chi connectivity index (χ1n) is 5.63. The van der Waals surface area contributed by atoms with Gasteiger partial charge in [0, 0.05) is 12.7 Å². The Kier molecular flexibility index (Phi) is 3.93. The Hall–Kier alpha value is -1.78. The first-order valence-corrected chi connectivity index (χ1v) is 7.11. The second-order valence-corrected chi connectivity index (χ2v) is 5.66. The quantitative estimate of drug-likeness (QED) is 0.623. The molecule has 0 aliphatic carbocycles. The van der Waals surface area contributed by atoms with E-state index in [1.165, 1.54) is 23.4 Å². The number of hydrogen-bond acceptors (Lipinski definition) is 6. The Balaban J connectivity index is 2.13. The van der Waals surface area contributed by atoms with Crippen LogP contribution in [0.3, 0.4) is 0 Å². The summed E-state index contributed by atoms with van der Waals surface area (Å²) in [6, 6.07) is -0.509. The van der Waals surface area contributed by atoms with Gasteiger partial charge in [-0.2, -0.15) is 10.2 Å². The van der Waals surface area contributed by atoms with Crippen molar-refractivity contribution in [3.8, 4) is 0 Å². The maximum atomic E-state index is 12.1. The Bertz CT molecular complexity index is 619. The minimum absolute atomic E-state index is 0.0901. The predicted octanol–water partition coefficient (Wildman–Crippen LogP) is -1.00. The molecule has 9 nitrogen and oxygen atoms in total. The summed E-state index contributed by atoms with van der Waals surface area (Å²) < 4.78 is 28.2. The van der Waals surface area contributed by atoms with Crippen LogP contribution in [0.5, 0.6) is 0 Å². The van der Waals surface area contributed by atoms with Crippen molar-refractivity contribution in [1.82, 2.24) is 29.7 Å². The van der Waals surface area contributed by atoms with E-state index in [2.05, 4.69) is 25.0 Å². The molecule has 1 atom stereocenters. The Morgan fingerprint density at radius 3 is 3.00 bits per heavy atom. The fourth-order valence-electron chi connectivity index (χ4n) is 1.52. The topological polar surface area (TPSA) is 132 Å². The fraction of sp³-hybridized carbons (Fsp3) is 0.444. The molecule has 2 heterocycles. The summed E-state index contributed by atoms with van der Waals surface area (Å²) in [7, 11) is -3.64. The van der Waals surface area contributed by atoms with E-state index in [1.54, 1.807) is 6.92 Å². The number of hydrogen-bond donors (Lipinski definition) is 3. The van der Waals surface area contributed by atoms with E-state index >= 15 is 0 Å². The standard InChI is InChI=1S/C9H15N7O2S/c1-7(9-11-6-12-14-9)15-19(17,18)8-4-13-16(5-8)3-2-10/h4-7,15H,2-3,10H2,1H3,(H,11,12,14). The number of aromatic nitrogens is 5. The molecule has 0 saturated carbocycles. The first kappa shape index (κ1) is 13.6. The van der Waals surface area contributed by atoms with Gasteiger partial charge in [-0.25, -0.2) is 18.1 Å². The number of sulfonamides is 1. The molecule has 0 spiro atoms. The van der Waals surface area contributed by atoms with E-state index in [-0.39, 0.29) is 4.90 Å². The molecule has 0 radical (unpaired) electrons. The minimum atomic E-state index is -3.64. The molecule has 104 valence electrons. The van der Waals surface area contributed by atoms with E-state index in [4.69, 9.17) is 5.73 Å². The van der Waals surface area contributed by atoms with Crippen molar-refractivity contribution in [3.63, 3.8) is 0 Å². The largest absolute Gasteiger partial charge is 0.329 e. The maximum Gasteiger partial charge on any atom is 0.244 e. The lowest BCUT2D eigenvalue weighted by Gasteiger charge is -2.10. The Labute approximate surface area is 110 Å². The van der Waals surface area contributed by atoms with Gasteiger partial charge in [-0.3, -0.25) is 9.78 Å². The molecule has 4 N–H and O–H groups in total. The normalized spacial score (nSPS) is 13.6. The molecule has 0 aromatic carbocycles. The van der Waals surface area contributed by atoms with Crippen molar-refractivity contribution in [2.24, 2.45) is 5.73 Å². The molecule has 0 aliphatic heterocycles. The van der Waals surface area contributed by atoms with Gasteiger partial charge in [0.1, 0.15) is 17.0 Å². The van der Waals surface area contributed by atoms with Gasteiger partial charge in [0.05, 0.1) is 18.8 Å². The predicted molar refractivity (Wildman–Crippen MR) is 66.4 cm³/mol. The van der Waals surface area contributed by atoms with Crippen LogP contribution in [-0.4, -0.2) is 39.9 Å². The summed E-state index contributed by atoms with van der Waals surface area (Å²) in [6.07, 6.45) is 4.03. The zero-order valence-electron chi connectivity index (χ0n) is 10.3. The van der Waals surface area contributed by atoms with E-state index in [1.807, 2.05) is 0 Å². The van der Waals surface area contributed by atoms with Crippen LogP contribution in [0.15, 0.2) is 23.6 Å². The molecule has 10 heteroatoms. The van der Waals surface area contributed by atoms with Crippen LogP contribution >= 0.6 is 0 Å². The van der Waals surface area contributed by atoms with Crippen molar-refractivity contribution in [1.29, 1.82) is 0 Å². The number of rotatable bonds is 6. The SMILES string of the molecule is CC(NS(=O)(=O)c1cnn(CCN)c1)c1ncn[nH]1. The van der Waals surface area contributed by atoms with Crippen LogP contribution in [-0.2, 0) is 16.6 Å². The van der Waals surface area contributed by atoms with Gasteiger partial charge in [-0.05, 0) is 6.92 Å². The molecule has 0 saturated heterocycles. The minimum Gasteiger partial charge on any atom is -0.329 e. The van der Waals surface area contributed by atoms with E-state index in [0.717, 1.165) is 0 Å². The summed E-state index contributed by atoms with van der Waals surface area (Å²) in [5.41, 5.74) is 5.38. The average molecular weight is 285 g/mol. The number of nitrogens with one attached hydrogen (secondary N) is 2. The summed E-state index contributed by atoms with van der Waals surface area (Å²) in [5.74, 6) is 0.443. The van der Waals surface area contributed by atoms with Crippen LogP contribution in [0.4, 0.5) is 0 Å². The van der Waals surface area contributed by atoms with E-state index in [0.29, 0.717) is 18.9 Å². The number of nitrogens with zero attached hydrogens (tertiary/aromatic N) is 4. The molecule has 2 rings (SSSR count). The zero-order chi connectivity index (χ0) is 13.9. The second kappa shape index (κ2) is 5.47. The summed E-state index contributed by atoms with van der Waals surface area (Å²) in [6.45, 7) is 2.53. The summed E-state index contributed by atoms with van der Waals surface area (Å²) in [4.78, 5) is 3.99. The fourth-order valence-corrected chi connectivity index (χ4v) is 2.68. The molecule has 19 heavy (non-hydrogen) atoms. The molecule has 2 aromatic heterocycles. The maximum absolute atomic E-state index is 12.1. The van der Waals surface area contributed by atoms with Gasteiger partial charge in [-0.15, -0.1) is 0 Å². The van der Waals surface area contributed by atoms with Crippen LogP contribution in [0, 0.1) is 0 Å². The van der Waals surface area contributed by atoms with E-state index in [9.17, 15) is 8.42 Å². The molecule has 0 aliphatic rings. The van der Waals surface area contributed by atoms with E-state index < -0.39 is 16.1 Å². The number of nitrogens with two attached hydrogens (primary N) is 1. The highest BCUT2D eigenvalue weighted by atomic mass is 32.2. The third kappa shape index (κ3) is 3.16. The van der Waals surface area contributed by atoms with Gasteiger partial charge in [0.15, 0.2) is 0 Å². The third-order valence-electron chi connectivity index (χ3n) is 2.45. The highest BCUT2D eigenvalue weighted by molar-refractivity contribution is 7.89. The molecule has 2 aromatic rings. The highest BCUT2D eigenvalue weighted by Crippen LogP contribution is 2.12. The average Bonchev–Trinajstić information content (AvgIpc) is 2.99. The van der Waals surface area contributed by atoms with Crippen LogP contribution < -0.4 is 10.5 Å². The van der Waals surface area contributed by atoms with Crippen molar-refractivity contribution < 1.29 is 8.42 Å². The van der Waals surface area contributed by atoms with Gasteiger partial charge < -0.3 is 5.73 Å². The lowest BCUT2D eigenvalue weighted by atomic mass is 10.3. The monoisotopic (exact) mass is 285 g/mol. The van der Waals surface area contributed by atoms with Crippen molar-refractivity contribution in [2.75, 3.05) is 6.54 Å². The summed E-state index contributed by atoms with van der Waals surface area (Å²) >= 11 is 0. The molecular formula is C9H15N7O2S. The van der Waals surface area contributed by atoms with Crippen molar-refractivity contribution in [3.05, 3.63) is 24.5 Å². The molecule has 0 fully saturated rings. The lowest BCUT2D eigenvalue weighted by Crippen LogP contribution is -2.27. The summed E-state index contributed by atoms with van der Waals surface area (Å²) in [5, 5.41) is 10.2. The van der Waals surface area contributed by atoms with Crippen LogP contribution in [0.25, 0.3) is 0 Å². The smallest absolute Gasteiger partial charge is 0.244 e. The van der Waals surface area contributed by atoms with Crippen molar-refractivity contribution >= 4 is 10.0 Å². The Morgan fingerprint density at radius 1 is 1.58 bits per heavy atom. The third-order valence-corrected chi connectivity index (χ3v) is 3.95. The Morgan fingerprint density at radius 2 is 2.37 bits per heavy atom. The molecule has 1 unspecified atom stereocenters. The lowest BCUT2D eigenvalue weighted by molar-refractivity contribution is 0.559. The van der Waals surface area contributed by atoms with Crippen LogP contribution in [0.2, 0.25) is 0 Å². The molecular weight excluding hydrogens is 270 g/mol. The first-order chi connectivity index (χ1) is 9.03. The molecule has 0 bridgehead atoms. The number of aromatic amines is 1. The second-order valence-electron chi connectivity index (χ2n) is 3.94. The van der Waals surface area contributed by atoms with Gasteiger partial charge in [-0.1, -0.05) is 0 Å². The van der Waals surface area contributed by atoms with Crippen molar-refractivity contribution in [2.45, 2.75) is 24.4 Å².